The zero-order valence-corrected chi connectivity index (χ0v) is 14.1. The highest BCUT2D eigenvalue weighted by atomic mass is 16.2. The summed E-state index contributed by atoms with van der Waals surface area (Å²) in [7, 11) is 0. The maximum atomic E-state index is 12.7. The number of nitrogens with zero attached hydrogens (tertiary/aromatic N) is 6. The molecular weight excluding hydrogens is 316 g/mol. The number of hydrogen-bond donors (Lipinski definition) is 0. The zero-order chi connectivity index (χ0) is 17.4. The van der Waals surface area contributed by atoms with E-state index in [1.54, 1.807) is 11.1 Å². The van der Waals surface area contributed by atoms with Gasteiger partial charge in [-0.05, 0) is 13.8 Å². The first kappa shape index (κ1) is 15.4. The molecular formula is C18H18N6O. The smallest absolute Gasteiger partial charge is 0.274 e. The van der Waals surface area contributed by atoms with Crippen molar-refractivity contribution in [3.8, 4) is 11.4 Å². The molecule has 1 atom stereocenters. The molecule has 3 aromatic rings. The van der Waals surface area contributed by atoms with Crippen LogP contribution < -0.4 is 0 Å². The lowest BCUT2D eigenvalue weighted by molar-refractivity contribution is 0.0675. The van der Waals surface area contributed by atoms with Gasteiger partial charge in [0.05, 0.1) is 24.5 Å². The van der Waals surface area contributed by atoms with Gasteiger partial charge in [-0.15, -0.1) is 10.2 Å². The van der Waals surface area contributed by atoms with E-state index < -0.39 is 0 Å². The monoisotopic (exact) mass is 334 g/mol. The highest BCUT2D eigenvalue weighted by Gasteiger charge is 2.30. The maximum absolute atomic E-state index is 12.7. The minimum atomic E-state index is -0.130. The van der Waals surface area contributed by atoms with Crippen LogP contribution in [-0.4, -0.2) is 42.1 Å². The predicted octanol–water partition coefficient (Wildman–Crippen LogP) is 2.26. The highest BCUT2D eigenvalue weighted by Crippen LogP contribution is 2.27. The number of hydrogen-bond acceptors (Lipinski definition) is 5. The topological polar surface area (TPSA) is 76.8 Å². The summed E-state index contributed by atoms with van der Waals surface area (Å²) in [5.41, 5.74) is 2.17. The maximum Gasteiger partial charge on any atom is 0.274 e. The summed E-state index contributed by atoms with van der Waals surface area (Å²) in [6.45, 7) is 4.91. The number of aryl methyl sites for hydroxylation is 1. The minimum absolute atomic E-state index is 0.0799. The summed E-state index contributed by atoms with van der Waals surface area (Å²) in [6.07, 6.45) is 3.13. The highest BCUT2D eigenvalue weighted by molar-refractivity contribution is 5.92. The van der Waals surface area contributed by atoms with Crippen molar-refractivity contribution < 1.29 is 4.79 Å². The molecule has 25 heavy (non-hydrogen) atoms. The van der Waals surface area contributed by atoms with Crippen molar-refractivity contribution in [1.29, 1.82) is 0 Å². The second-order valence-electron chi connectivity index (χ2n) is 6.25. The van der Waals surface area contributed by atoms with Gasteiger partial charge in [0, 0.05) is 18.3 Å². The number of aromatic nitrogens is 5. The van der Waals surface area contributed by atoms with Gasteiger partial charge >= 0.3 is 0 Å². The molecule has 2 aromatic heterocycles. The van der Waals surface area contributed by atoms with Crippen LogP contribution >= 0.6 is 0 Å². The zero-order valence-electron chi connectivity index (χ0n) is 14.1. The molecule has 0 saturated carbocycles. The number of carbonyl (C=O) groups is 1. The van der Waals surface area contributed by atoms with Crippen molar-refractivity contribution in [1.82, 2.24) is 29.6 Å². The molecule has 0 N–H and O–H groups in total. The van der Waals surface area contributed by atoms with Crippen LogP contribution in [0.4, 0.5) is 0 Å². The van der Waals surface area contributed by atoms with Gasteiger partial charge in [-0.2, -0.15) is 0 Å². The Labute approximate surface area is 145 Å². The predicted molar refractivity (Wildman–Crippen MR) is 91.7 cm³/mol. The van der Waals surface area contributed by atoms with Gasteiger partial charge in [0.2, 0.25) is 0 Å². The van der Waals surface area contributed by atoms with E-state index in [-0.39, 0.29) is 11.9 Å². The van der Waals surface area contributed by atoms with Crippen molar-refractivity contribution in [3.05, 3.63) is 59.9 Å². The first-order chi connectivity index (χ1) is 12.1. The fraction of sp³-hybridized carbons (Fsp3) is 0.278. The Morgan fingerprint density at radius 1 is 1.12 bits per heavy atom. The molecule has 1 aromatic carbocycles. The number of rotatable bonds is 2. The molecule has 0 radical (unpaired) electrons. The first-order valence-corrected chi connectivity index (χ1v) is 8.20. The molecule has 126 valence electrons. The van der Waals surface area contributed by atoms with Crippen LogP contribution in [0.3, 0.4) is 0 Å². The molecule has 4 rings (SSSR count). The minimum Gasteiger partial charge on any atom is -0.328 e. The molecule has 7 nitrogen and oxygen atoms in total. The van der Waals surface area contributed by atoms with E-state index in [9.17, 15) is 4.79 Å². The molecule has 1 amide bonds. The van der Waals surface area contributed by atoms with E-state index in [1.165, 1.54) is 6.20 Å². The number of benzene rings is 1. The van der Waals surface area contributed by atoms with Crippen LogP contribution in [0, 0.1) is 6.92 Å². The summed E-state index contributed by atoms with van der Waals surface area (Å²) in [4.78, 5) is 22.8. The molecule has 0 unspecified atom stereocenters. The van der Waals surface area contributed by atoms with Gasteiger partial charge in [0.25, 0.3) is 5.91 Å². The lowest BCUT2D eigenvalue weighted by atomic mass is 10.1. The Morgan fingerprint density at radius 3 is 2.64 bits per heavy atom. The van der Waals surface area contributed by atoms with Crippen LogP contribution in [0.5, 0.6) is 0 Å². The SMILES string of the molecule is Cc1cnc(C(=O)N2Cc3nnc(-c4ccccc4)n3[C@@H](C)C2)cn1. The Morgan fingerprint density at radius 2 is 1.92 bits per heavy atom. The molecule has 1 aliphatic rings. The Hall–Kier alpha value is -3.09. The third-order valence-corrected chi connectivity index (χ3v) is 4.34. The average molecular weight is 334 g/mol. The Kier molecular flexibility index (Phi) is 3.76. The van der Waals surface area contributed by atoms with Gasteiger partial charge in [-0.3, -0.25) is 9.78 Å². The fourth-order valence-electron chi connectivity index (χ4n) is 3.13. The van der Waals surface area contributed by atoms with Crippen molar-refractivity contribution >= 4 is 5.91 Å². The van der Waals surface area contributed by atoms with Crippen LogP contribution in [-0.2, 0) is 6.54 Å². The van der Waals surface area contributed by atoms with Crippen LogP contribution in [0.15, 0.2) is 42.7 Å². The van der Waals surface area contributed by atoms with Crippen molar-refractivity contribution in [2.24, 2.45) is 0 Å². The van der Waals surface area contributed by atoms with Crippen molar-refractivity contribution in [2.45, 2.75) is 26.4 Å². The summed E-state index contributed by atoms with van der Waals surface area (Å²) < 4.78 is 2.11. The van der Waals surface area contributed by atoms with Crippen LogP contribution in [0.2, 0.25) is 0 Å². The normalized spacial score (nSPS) is 16.6. The molecule has 0 aliphatic carbocycles. The fourth-order valence-corrected chi connectivity index (χ4v) is 3.13. The second kappa shape index (κ2) is 6.08. The van der Waals surface area contributed by atoms with Gasteiger partial charge < -0.3 is 9.47 Å². The van der Waals surface area contributed by atoms with E-state index >= 15 is 0 Å². The van der Waals surface area contributed by atoms with E-state index in [2.05, 4.69) is 31.7 Å². The summed E-state index contributed by atoms with van der Waals surface area (Å²) in [5.74, 6) is 1.49. The van der Waals surface area contributed by atoms with Crippen LogP contribution in [0.25, 0.3) is 11.4 Å². The summed E-state index contributed by atoms with van der Waals surface area (Å²) in [5, 5.41) is 8.65. The molecule has 0 saturated heterocycles. The van der Waals surface area contributed by atoms with E-state index in [0.29, 0.717) is 18.8 Å². The van der Waals surface area contributed by atoms with Gasteiger partial charge in [-0.25, -0.2) is 4.98 Å². The third-order valence-electron chi connectivity index (χ3n) is 4.34. The molecule has 0 fully saturated rings. The molecule has 7 heteroatoms. The Balaban J connectivity index is 1.63. The Bertz CT molecular complexity index is 903. The van der Waals surface area contributed by atoms with Gasteiger partial charge in [-0.1, -0.05) is 30.3 Å². The van der Waals surface area contributed by atoms with Crippen molar-refractivity contribution in [2.75, 3.05) is 6.54 Å². The second-order valence-corrected chi connectivity index (χ2v) is 6.25. The molecule has 0 bridgehead atoms. The lowest BCUT2D eigenvalue weighted by Crippen LogP contribution is -2.40. The number of fused-ring (bicyclic) bond motifs is 1. The number of amides is 1. The van der Waals surface area contributed by atoms with E-state index in [0.717, 1.165) is 22.9 Å². The van der Waals surface area contributed by atoms with E-state index in [1.807, 2.05) is 37.3 Å². The quantitative estimate of drug-likeness (QED) is 0.718. The largest absolute Gasteiger partial charge is 0.328 e. The standard InChI is InChI=1S/C18H18N6O/c1-12-8-20-15(9-19-12)18(25)23-10-13(2)24-16(11-23)21-22-17(24)14-6-4-3-5-7-14/h3-9,13H,10-11H2,1-2H3/t13-/m0/s1. The summed E-state index contributed by atoms with van der Waals surface area (Å²) >= 11 is 0. The first-order valence-electron chi connectivity index (χ1n) is 8.20. The van der Waals surface area contributed by atoms with Gasteiger partial charge in [0.1, 0.15) is 5.69 Å². The van der Waals surface area contributed by atoms with Gasteiger partial charge in [0.15, 0.2) is 11.6 Å². The lowest BCUT2D eigenvalue weighted by Gasteiger charge is -2.32. The average Bonchev–Trinajstić information content (AvgIpc) is 3.07. The number of carbonyl (C=O) groups excluding carboxylic acids is 1. The van der Waals surface area contributed by atoms with Crippen LogP contribution in [0.1, 0.15) is 35.0 Å². The van der Waals surface area contributed by atoms with Crippen molar-refractivity contribution in [3.63, 3.8) is 0 Å². The third kappa shape index (κ3) is 2.77. The molecule has 1 aliphatic heterocycles. The van der Waals surface area contributed by atoms with E-state index in [4.69, 9.17) is 0 Å². The molecule has 0 spiro atoms. The summed E-state index contributed by atoms with van der Waals surface area (Å²) in [6, 6.07) is 10.1. The molecule has 3 heterocycles.